The molecule has 1 unspecified atom stereocenters. The van der Waals surface area contributed by atoms with Crippen LogP contribution < -0.4 is 0 Å². The van der Waals surface area contributed by atoms with Gasteiger partial charge in [-0.05, 0) is 17.9 Å². The zero-order chi connectivity index (χ0) is 14.4. The highest BCUT2D eigenvalue weighted by Gasteiger charge is 2.26. The number of rotatable bonds is 5. The molecule has 1 fully saturated rings. The molecular weight excluding hydrogens is 244 g/mol. The summed E-state index contributed by atoms with van der Waals surface area (Å²) < 4.78 is 0. The predicted octanol–water partition coefficient (Wildman–Crippen LogP) is 5.36. The maximum atomic E-state index is 12.6. The number of carbonyl (C=O) groups excluding carboxylic acids is 1. The van der Waals surface area contributed by atoms with Crippen molar-refractivity contribution in [3.8, 4) is 0 Å². The lowest BCUT2D eigenvalue weighted by molar-refractivity contribution is -0.123. The second kappa shape index (κ2) is 7.61. The summed E-state index contributed by atoms with van der Waals surface area (Å²) in [6.07, 6.45) is 9.14. The van der Waals surface area contributed by atoms with Crippen LogP contribution in [-0.2, 0) is 4.79 Å². The molecular formula is C19H28O. The second-order valence-corrected chi connectivity index (χ2v) is 6.61. The quantitative estimate of drug-likeness (QED) is 0.660. The van der Waals surface area contributed by atoms with Crippen molar-refractivity contribution in [2.45, 2.75) is 64.7 Å². The summed E-state index contributed by atoms with van der Waals surface area (Å²) in [4.78, 5) is 12.6. The Bertz CT molecular complexity index is 399. The zero-order valence-corrected chi connectivity index (χ0v) is 13.0. The lowest BCUT2D eigenvalue weighted by Gasteiger charge is -2.23. The van der Waals surface area contributed by atoms with Gasteiger partial charge in [0.15, 0.2) is 0 Å². The predicted molar refractivity (Wildman–Crippen MR) is 84.8 cm³/mol. The highest BCUT2D eigenvalue weighted by molar-refractivity contribution is 5.87. The van der Waals surface area contributed by atoms with Gasteiger partial charge in [0.05, 0.1) is 0 Å². The minimum Gasteiger partial charge on any atom is -0.299 e. The molecule has 0 bridgehead atoms. The number of hydrogen-bond donors (Lipinski definition) is 0. The lowest BCUT2D eigenvalue weighted by Crippen LogP contribution is -2.21. The molecule has 0 aromatic heterocycles. The molecule has 0 heterocycles. The van der Waals surface area contributed by atoms with E-state index in [0.29, 0.717) is 5.78 Å². The Morgan fingerprint density at radius 2 is 1.65 bits per heavy atom. The Morgan fingerprint density at radius 3 is 2.20 bits per heavy atom. The van der Waals surface area contributed by atoms with Gasteiger partial charge in [-0.15, -0.1) is 0 Å². The van der Waals surface area contributed by atoms with E-state index in [1.165, 1.54) is 44.1 Å². The number of benzene rings is 1. The number of Topliss-reactive ketones (excluding diaryl/α,β-unsaturated/α-hetero) is 1. The lowest BCUT2D eigenvalue weighted by atomic mass is 9.80. The maximum Gasteiger partial charge on any atom is 0.142 e. The molecule has 1 aromatic rings. The third-order valence-electron chi connectivity index (χ3n) is 4.66. The van der Waals surface area contributed by atoms with Crippen LogP contribution in [0, 0.1) is 11.8 Å². The van der Waals surface area contributed by atoms with E-state index in [1.807, 2.05) is 19.9 Å². The van der Waals surface area contributed by atoms with Crippen molar-refractivity contribution in [1.82, 2.24) is 0 Å². The van der Waals surface area contributed by atoms with Gasteiger partial charge in [0.2, 0.25) is 0 Å². The number of hydrogen-bond acceptors (Lipinski definition) is 1. The summed E-state index contributed by atoms with van der Waals surface area (Å²) in [5, 5.41) is 0. The summed E-state index contributed by atoms with van der Waals surface area (Å²) >= 11 is 0. The van der Waals surface area contributed by atoms with Crippen LogP contribution in [0.25, 0.3) is 0 Å². The molecule has 2 rings (SSSR count). The van der Waals surface area contributed by atoms with Crippen LogP contribution >= 0.6 is 0 Å². The molecule has 0 amide bonds. The first-order chi connectivity index (χ1) is 9.68. The topological polar surface area (TPSA) is 17.1 Å². The minimum absolute atomic E-state index is 0.110. The average Bonchev–Trinajstić information content (AvgIpc) is 2.73. The van der Waals surface area contributed by atoms with Gasteiger partial charge in [-0.2, -0.15) is 0 Å². The molecule has 1 aromatic carbocycles. The Labute approximate surface area is 123 Å². The molecule has 1 aliphatic carbocycles. The maximum absolute atomic E-state index is 12.6. The van der Waals surface area contributed by atoms with E-state index in [4.69, 9.17) is 0 Å². The van der Waals surface area contributed by atoms with E-state index in [2.05, 4.69) is 24.3 Å². The van der Waals surface area contributed by atoms with Gasteiger partial charge in [0.1, 0.15) is 5.78 Å². The normalized spacial score (nSPS) is 18.8. The fourth-order valence-electron chi connectivity index (χ4n) is 3.44. The Kier molecular flexibility index (Phi) is 5.82. The average molecular weight is 272 g/mol. The van der Waals surface area contributed by atoms with Crippen LogP contribution in [0.5, 0.6) is 0 Å². The van der Waals surface area contributed by atoms with Gasteiger partial charge in [-0.1, -0.05) is 82.7 Å². The molecule has 1 heteroatoms. The van der Waals surface area contributed by atoms with Gasteiger partial charge < -0.3 is 0 Å². The van der Waals surface area contributed by atoms with Crippen LogP contribution in [0.2, 0.25) is 0 Å². The molecule has 0 aliphatic heterocycles. The summed E-state index contributed by atoms with van der Waals surface area (Å²) in [6.45, 7) is 4.07. The second-order valence-electron chi connectivity index (χ2n) is 6.61. The van der Waals surface area contributed by atoms with Crippen LogP contribution in [-0.4, -0.2) is 5.78 Å². The van der Waals surface area contributed by atoms with Crippen molar-refractivity contribution in [2.24, 2.45) is 11.8 Å². The van der Waals surface area contributed by atoms with Crippen molar-refractivity contribution >= 4 is 5.78 Å². The molecule has 0 saturated heterocycles. The molecule has 110 valence electrons. The first-order valence-electron chi connectivity index (χ1n) is 8.27. The summed E-state index contributed by atoms with van der Waals surface area (Å²) in [5.41, 5.74) is 1.22. The van der Waals surface area contributed by atoms with Crippen LogP contribution in [0.4, 0.5) is 0 Å². The van der Waals surface area contributed by atoms with E-state index in [0.717, 1.165) is 12.3 Å². The zero-order valence-electron chi connectivity index (χ0n) is 13.0. The van der Waals surface area contributed by atoms with E-state index in [1.54, 1.807) is 0 Å². The van der Waals surface area contributed by atoms with Crippen LogP contribution in [0.1, 0.15) is 70.3 Å². The third-order valence-corrected chi connectivity index (χ3v) is 4.66. The standard InChI is InChI=1S/C19H28O/c1-15(2)19(20)18(17-12-8-5-9-13-17)14-16-10-6-3-4-7-11-16/h5,8-9,12-13,15-16,18H,3-4,6-7,10-11,14H2,1-2H3. The fourth-order valence-corrected chi connectivity index (χ4v) is 3.44. The first-order valence-corrected chi connectivity index (χ1v) is 8.27. The molecule has 1 nitrogen and oxygen atoms in total. The van der Waals surface area contributed by atoms with Crippen molar-refractivity contribution < 1.29 is 4.79 Å². The van der Waals surface area contributed by atoms with Crippen LogP contribution in [0.15, 0.2) is 30.3 Å². The van der Waals surface area contributed by atoms with Gasteiger partial charge in [-0.3, -0.25) is 4.79 Å². The summed E-state index contributed by atoms with van der Waals surface area (Å²) in [6, 6.07) is 10.4. The Balaban J connectivity index is 2.12. The minimum atomic E-state index is 0.110. The fraction of sp³-hybridized carbons (Fsp3) is 0.632. The van der Waals surface area contributed by atoms with Crippen LogP contribution in [0.3, 0.4) is 0 Å². The van der Waals surface area contributed by atoms with Gasteiger partial charge in [0, 0.05) is 11.8 Å². The van der Waals surface area contributed by atoms with E-state index >= 15 is 0 Å². The Hall–Kier alpha value is -1.11. The largest absolute Gasteiger partial charge is 0.299 e. The third kappa shape index (κ3) is 4.19. The van der Waals surface area contributed by atoms with E-state index in [-0.39, 0.29) is 11.8 Å². The van der Waals surface area contributed by atoms with E-state index in [9.17, 15) is 4.79 Å². The molecule has 0 spiro atoms. The number of ketones is 1. The smallest absolute Gasteiger partial charge is 0.142 e. The van der Waals surface area contributed by atoms with Gasteiger partial charge >= 0.3 is 0 Å². The highest BCUT2D eigenvalue weighted by Crippen LogP contribution is 2.34. The van der Waals surface area contributed by atoms with E-state index < -0.39 is 0 Å². The molecule has 1 atom stereocenters. The van der Waals surface area contributed by atoms with Crippen molar-refractivity contribution in [3.63, 3.8) is 0 Å². The molecule has 0 N–H and O–H groups in total. The summed E-state index contributed by atoms with van der Waals surface area (Å²) in [5.74, 6) is 1.40. The molecule has 1 saturated carbocycles. The van der Waals surface area contributed by atoms with Crippen molar-refractivity contribution in [1.29, 1.82) is 0 Å². The molecule has 0 radical (unpaired) electrons. The van der Waals surface area contributed by atoms with Gasteiger partial charge in [0.25, 0.3) is 0 Å². The molecule has 20 heavy (non-hydrogen) atoms. The SMILES string of the molecule is CC(C)C(=O)C(CC1CCCCCC1)c1ccccc1. The monoisotopic (exact) mass is 272 g/mol. The first kappa shape index (κ1) is 15.3. The Morgan fingerprint density at radius 1 is 1.05 bits per heavy atom. The van der Waals surface area contributed by atoms with Crippen molar-refractivity contribution in [3.05, 3.63) is 35.9 Å². The van der Waals surface area contributed by atoms with Crippen molar-refractivity contribution in [2.75, 3.05) is 0 Å². The highest BCUT2D eigenvalue weighted by atomic mass is 16.1. The molecule has 1 aliphatic rings. The summed E-state index contributed by atoms with van der Waals surface area (Å²) in [7, 11) is 0. The number of carbonyl (C=O) groups is 1. The van der Waals surface area contributed by atoms with Gasteiger partial charge in [-0.25, -0.2) is 0 Å².